The Balaban J connectivity index is 3.12. The van der Waals surface area contributed by atoms with Gasteiger partial charge < -0.3 is 5.73 Å². The van der Waals surface area contributed by atoms with Crippen LogP contribution in [0, 0.1) is 11.8 Å². The molecule has 1 aromatic carbocycles. The van der Waals surface area contributed by atoms with E-state index in [1.54, 1.807) is 19.1 Å². The zero-order valence-corrected chi connectivity index (χ0v) is 6.94. The molecule has 0 atom stereocenters. The van der Waals surface area contributed by atoms with Gasteiger partial charge in [0.05, 0.1) is 10.7 Å². The first-order valence-electron chi connectivity index (χ1n) is 3.22. The Morgan fingerprint density at radius 1 is 1.45 bits per heavy atom. The van der Waals surface area contributed by atoms with Gasteiger partial charge in [0.15, 0.2) is 0 Å². The zero-order chi connectivity index (χ0) is 8.27. The number of halogens is 1. The van der Waals surface area contributed by atoms with Crippen LogP contribution in [0.1, 0.15) is 12.5 Å². The topological polar surface area (TPSA) is 26.0 Å². The predicted octanol–water partition coefficient (Wildman–Crippen LogP) is 2.29. The summed E-state index contributed by atoms with van der Waals surface area (Å²) in [5, 5.41) is 0.560. The molecule has 2 N–H and O–H groups in total. The molecule has 0 saturated heterocycles. The Bertz CT molecular complexity index is 320. The minimum Gasteiger partial charge on any atom is -0.398 e. The van der Waals surface area contributed by atoms with Gasteiger partial charge in [0.25, 0.3) is 0 Å². The lowest BCUT2D eigenvalue weighted by atomic mass is 10.2. The van der Waals surface area contributed by atoms with Crippen molar-refractivity contribution >= 4 is 17.3 Å². The average molecular weight is 166 g/mol. The highest BCUT2D eigenvalue weighted by atomic mass is 35.5. The van der Waals surface area contributed by atoms with Crippen LogP contribution in [0.25, 0.3) is 0 Å². The van der Waals surface area contributed by atoms with E-state index in [2.05, 4.69) is 11.8 Å². The lowest BCUT2D eigenvalue weighted by Gasteiger charge is -1.96. The normalized spacial score (nSPS) is 8.55. The molecule has 1 aromatic rings. The first kappa shape index (κ1) is 7.97. The van der Waals surface area contributed by atoms with Crippen LogP contribution in [0.5, 0.6) is 0 Å². The number of benzene rings is 1. The van der Waals surface area contributed by atoms with Crippen LogP contribution >= 0.6 is 11.6 Å². The number of hydrogen-bond donors (Lipinski definition) is 1. The summed E-state index contributed by atoms with van der Waals surface area (Å²) in [5.41, 5.74) is 6.99. The third-order valence-electron chi connectivity index (χ3n) is 1.27. The van der Waals surface area contributed by atoms with Crippen LogP contribution in [0.4, 0.5) is 5.69 Å². The van der Waals surface area contributed by atoms with Crippen LogP contribution in [0.15, 0.2) is 18.2 Å². The molecule has 1 rings (SSSR count). The molecule has 0 aromatic heterocycles. The highest BCUT2D eigenvalue weighted by molar-refractivity contribution is 6.33. The summed E-state index contributed by atoms with van der Waals surface area (Å²) in [6.45, 7) is 1.78. The second-order valence-corrected chi connectivity index (χ2v) is 2.52. The fraction of sp³-hybridized carbons (Fsp3) is 0.111. The van der Waals surface area contributed by atoms with E-state index in [1.165, 1.54) is 0 Å². The molecule has 0 bridgehead atoms. The molecule has 0 spiro atoms. The summed E-state index contributed by atoms with van der Waals surface area (Å²) in [6.07, 6.45) is 0. The Morgan fingerprint density at radius 2 is 2.18 bits per heavy atom. The van der Waals surface area contributed by atoms with Gasteiger partial charge in [0.1, 0.15) is 0 Å². The summed E-state index contributed by atoms with van der Waals surface area (Å²) in [6, 6.07) is 5.35. The monoisotopic (exact) mass is 165 g/mol. The summed E-state index contributed by atoms with van der Waals surface area (Å²) < 4.78 is 0. The van der Waals surface area contributed by atoms with Crippen molar-refractivity contribution < 1.29 is 0 Å². The van der Waals surface area contributed by atoms with E-state index in [0.29, 0.717) is 10.7 Å². The molecule has 2 heteroatoms. The number of rotatable bonds is 0. The van der Waals surface area contributed by atoms with Gasteiger partial charge in [-0.3, -0.25) is 0 Å². The Hall–Kier alpha value is -1.13. The molecule has 0 aliphatic rings. The summed E-state index contributed by atoms with van der Waals surface area (Å²) in [4.78, 5) is 0. The van der Waals surface area contributed by atoms with Crippen molar-refractivity contribution in [2.45, 2.75) is 6.92 Å². The molecule has 0 amide bonds. The first-order valence-corrected chi connectivity index (χ1v) is 3.59. The molecule has 1 nitrogen and oxygen atoms in total. The molecule has 0 saturated carbocycles. The van der Waals surface area contributed by atoms with Gasteiger partial charge in [-0.1, -0.05) is 17.5 Å². The number of anilines is 1. The lowest BCUT2D eigenvalue weighted by molar-refractivity contribution is 1.63. The molecular formula is C9H8ClN. The van der Waals surface area contributed by atoms with E-state index in [-0.39, 0.29) is 0 Å². The van der Waals surface area contributed by atoms with Crippen molar-refractivity contribution in [3.8, 4) is 11.8 Å². The van der Waals surface area contributed by atoms with Crippen LogP contribution < -0.4 is 5.73 Å². The summed E-state index contributed by atoms with van der Waals surface area (Å²) >= 11 is 5.76. The fourth-order valence-corrected chi connectivity index (χ4v) is 0.930. The van der Waals surface area contributed by atoms with Crippen molar-refractivity contribution in [3.63, 3.8) is 0 Å². The highest BCUT2D eigenvalue weighted by Crippen LogP contribution is 2.18. The van der Waals surface area contributed by atoms with E-state index in [1.807, 2.05) is 6.07 Å². The summed E-state index contributed by atoms with van der Waals surface area (Å²) in [7, 11) is 0. The smallest absolute Gasteiger partial charge is 0.0647 e. The van der Waals surface area contributed by atoms with Crippen molar-refractivity contribution in [3.05, 3.63) is 28.8 Å². The standard InChI is InChI=1S/C9H8ClN/c1-2-3-7-4-5-9(11)8(10)6-7/h4-6H,11H2,1H3. The van der Waals surface area contributed by atoms with E-state index < -0.39 is 0 Å². The van der Waals surface area contributed by atoms with E-state index in [0.717, 1.165) is 5.56 Å². The quantitative estimate of drug-likeness (QED) is 0.463. The average Bonchev–Trinajstić information content (AvgIpc) is 1.98. The van der Waals surface area contributed by atoms with Gasteiger partial charge in [-0.25, -0.2) is 0 Å². The van der Waals surface area contributed by atoms with E-state index in [4.69, 9.17) is 17.3 Å². The number of nitrogen functional groups attached to an aromatic ring is 1. The van der Waals surface area contributed by atoms with Crippen molar-refractivity contribution in [1.82, 2.24) is 0 Å². The Morgan fingerprint density at radius 3 is 2.73 bits per heavy atom. The van der Waals surface area contributed by atoms with Gasteiger partial charge in [-0.05, 0) is 25.1 Å². The minimum absolute atomic E-state index is 0.560. The van der Waals surface area contributed by atoms with Gasteiger partial charge in [0.2, 0.25) is 0 Å². The van der Waals surface area contributed by atoms with Gasteiger partial charge in [0, 0.05) is 5.56 Å². The SMILES string of the molecule is CC#Cc1ccc(N)c(Cl)c1. The van der Waals surface area contributed by atoms with Crippen molar-refractivity contribution in [2.75, 3.05) is 5.73 Å². The molecule has 11 heavy (non-hydrogen) atoms. The third-order valence-corrected chi connectivity index (χ3v) is 1.60. The van der Waals surface area contributed by atoms with Gasteiger partial charge in [-0.2, -0.15) is 0 Å². The molecule has 56 valence electrons. The van der Waals surface area contributed by atoms with E-state index >= 15 is 0 Å². The third kappa shape index (κ3) is 1.89. The molecule has 0 heterocycles. The van der Waals surface area contributed by atoms with Gasteiger partial charge >= 0.3 is 0 Å². The fourth-order valence-electron chi connectivity index (χ4n) is 0.749. The maximum atomic E-state index is 5.76. The Labute approximate surface area is 71.2 Å². The van der Waals surface area contributed by atoms with Crippen LogP contribution in [-0.4, -0.2) is 0 Å². The Kier molecular flexibility index (Phi) is 2.40. The van der Waals surface area contributed by atoms with Crippen molar-refractivity contribution in [2.24, 2.45) is 0 Å². The molecule has 0 aliphatic carbocycles. The molecule has 0 aliphatic heterocycles. The molecule has 0 radical (unpaired) electrons. The lowest BCUT2D eigenvalue weighted by Crippen LogP contribution is -1.85. The van der Waals surface area contributed by atoms with Crippen LogP contribution in [0.3, 0.4) is 0 Å². The molecule has 0 fully saturated rings. The van der Waals surface area contributed by atoms with Crippen LogP contribution in [0.2, 0.25) is 5.02 Å². The van der Waals surface area contributed by atoms with Crippen molar-refractivity contribution in [1.29, 1.82) is 0 Å². The molecular weight excluding hydrogens is 158 g/mol. The first-order chi connectivity index (χ1) is 5.24. The highest BCUT2D eigenvalue weighted by Gasteiger charge is 1.94. The molecule has 0 unspecified atom stereocenters. The largest absolute Gasteiger partial charge is 0.398 e. The van der Waals surface area contributed by atoms with E-state index in [9.17, 15) is 0 Å². The number of hydrogen-bond acceptors (Lipinski definition) is 1. The second-order valence-electron chi connectivity index (χ2n) is 2.11. The number of nitrogens with two attached hydrogens (primary N) is 1. The summed E-state index contributed by atoms with van der Waals surface area (Å²) in [5.74, 6) is 5.67. The predicted molar refractivity (Wildman–Crippen MR) is 48.4 cm³/mol. The minimum atomic E-state index is 0.560. The zero-order valence-electron chi connectivity index (χ0n) is 6.19. The maximum absolute atomic E-state index is 5.76. The maximum Gasteiger partial charge on any atom is 0.0647 e. The van der Waals surface area contributed by atoms with Crippen LogP contribution in [-0.2, 0) is 0 Å². The van der Waals surface area contributed by atoms with Gasteiger partial charge in [-0.15, -0.1) is 5.92 Å². The second kappa shape index (κ2) is 3.32.